The van der Waals surface area contributed by atoms with Gasteiger partial charge in [0.2, 0.25) is 5.91 Å². The molecule has 4 rings (SSSR count). The molecular weight excluding hydrogens is 588 g/mol. The minimum absolute atomic E-state index is 0.0285. The summed E-state index contributed by atoms with van der Waals surface area (Å²) in [6.07, 6.45) is -1.04. The number of nitrogens with one attached hydrogen (secondary N) is 2. The van der Waals surface area contributed by atoms with E-state index in [2.05, 4.69) is 10.6 Å². The first kappa shape index (κ1) is 31.3. The van der Waals surface area contributed by atoms with Crippen LogP contribution in [-0.2, 0) is 25.5 Å². The molecule has 2 aromatic carbocycles. The van der Waals surface area contributed by atoms with Gasteiger partial charge in [-0.1, -0.05) is 23.2 Å². The fourth-order valence-corrected chi connectivity index (χ4v) is 5.63. The highest BCUT2D eigenvalue weighted by atomic mass is 35.5. The molecule has 13 heteroatoms. The monoisotopic (exact) mass is 619 g/mol. The van der Waals surface area contributed by atoms with E-state index >= 15 is 0 Å². The molecule has 224 valence electrons. The summed E-state index contributed by atoms with van der Waals surface area (Å²) in [5.41, 5.74) is 0.934. The molecule has 2 aliphatic rings. The second kappa shape index (κ2) is 12.7. The molecule has 2 heterocycles. The number of fused-ring (bicyclic) bond motifs is 1. The topological polar surface area (TPSA) is 124 Å². The van der Waals surface area contributed by atoms with Crippen LogP contribution in [0.4, 0.5) is 20.6 Å². The van der Waals surface area contributed by atoms with Crippen molar-refractivity contribution < 1.29 is 28.2 Å². The third-order valence-corrected chi connectivity index (χ3v) is 7.46. The number of hydrogen-bond acceptors (Lipinski definition) is 7. The largest absolute Gasteiger partial charge is 0.444 e. The number of halogens is 3. The van der Waals surface area contributed by atoms with E-state index in [4.69, 9.17) is 32.7 Å². The van der Waals surface area contributed by atoms with Crippen molar-refractivity contribution >= 4 is 52.5 Å². The molecule has 1 fully saturated rings. The Hall–Kier alpha value is -3.59. The second-order valence-electron chi connectivity index (χ2n) is 11.1. The maximum Gasteiger partial charge on any atom is 0.410 e. The van der Waals surface area contributed by atoms with Crippen LogP contribution in [0.5, 0.6) is 0 Å². The van der Waals surface area contributed by atoms with Crippen LogP contribution in [0.3, 0.4) is 0 Å². The Bertz CT molecular complexity index is 1440. The lowest BCUT2D eigenvalue weighted by atomic mass is 9.93. The van der Waals surface area contributed by atoms with Crippen molar-refractivity contribution in [3.63, 3.8) is 0 Å². The molecule has 0 spiro atoms. The van der Waals surface area contributed by atoms with Gasteiger partial charge in [0.25, 0.3) is 5.91 Å². The fraction of sp³-hybridized carbons (Fsp3) is 0.448. The van der Waals surface area contributed by atoms with Gasteiger partial charge in [-0.05, 0) is 69.5 Å². The SMILES string of the molecule is CC1c2c(Cl)cc(Cl)cc2CCN1C(=O)CNc1cc(NC(=O)[C@@H]2CN(C(=O)OC(C)(C)C)CCO2)c(C#N)cc1F. The van der Waals surface area contributed by atoms with Crippen molar-refractivity contribution in [2.45, 2.75) is 51.9 Å². The summed E-state index contributed by atoms with van der Waals surface area (Å²) in [7, 11) is 0. The molecule has 0 radical (unpaired) electrons. The van der Waals surface area contributed by atoms with Gasteiger partial charge in [-0.15, -0.1) is 0 Å². The molecule has 10 nitrogen and oxygen atoms in total. The summed E-state index contributed by atoms with van der Waals surface area (Å²) in [4.78, 5) is 41.6. The van der Waals surface area contributed by atoms with E-state index in [9.17, 15) is 24.0 Å². The van der Waals surface area contributed by atoms with Gasteiger partial charge in [-0.25, -0.2) is 9.18 Å². The fourth-order valence-electron chi connectivity index (χ4n) is 4.93. The molecule has 1 unspecified atom stereocenters. The number of morpholine rings is 1. The van der Waals surface area contributed by atoms with Gasteiger partial charge in [-0.3, -0.25) is 9.59 Å². The van der Waals surface area contributed by atoms with E-state index in [1.165, 1.54) is 11.0 Å². The number of carbonyl (C=O) groups excluding carboxylic acids is 3. The van der Waals surface area contributed by atoms with E-state index < -0.39 is 29.5 Å². The van der Waals surface area contributed by atoms with Gasteiger partial charge < -0.3 is 29.9 Å². The van der Waals surface area contributed by atoms with Crippen molar-refractivity contribution in [2.24, 2.45) is 0 Å². The lowest BCUT2D eigenvalue weighted by molar-refractivity contribution is -0.133. The third-order valence-electron chi connectivity index (χ3n) is 6.93. The van der Waals surface area contributed by atoms with Crippen molar-refractivity contribution in [2.75, 3.05) is 43.4 Å². The molecule has 0 aromatic heterocycles. The minimum Gasteiger partial charge on any atom is -0.444 e. The molecule has 3 amide bonds. The Morgan fingerprint density at radius 3 is 2.60 bits per heavy atom. The van der Waals surface area contributed by atoms with E-state index in [0.717, 1.165) is 17.2 Å². The van der Waals surface area contributed by atoms with Crippen LogP contribution in [0.25, 0.3) is 0 Å². The van der Waals surface area contributed by atoms with Crippen LogP contribution >= 0.6 is 23.2 Å². The van der Waals surface area contributed by atoms with Crippen LogP contribution in [0.15, 0.2) is 24.3 Å². The molecule has 2 atom stereocenters. The van der Waals surface area contributed by atoms with E-state index in [1.54, 1.807) is 31.7 Å². The van der Waals surface area contributed by atoms with Gasteiger partial charge in [0.15, 0.2) is 6.10 Å². The minimum atomic E-state index is -1.04. The highest BCUT2D eigenvalue weighted by Crippen LogP contribution is 2.37. The lowest BCUT2D eigenvalue weighted by Crippen LogP contribution is -2.51. The predicted molar refractivity (Wildman–Crippen MR) is 156 cm³/mol. The van der Waals surface area contributed by atoms with Crippen LogP contribution in [0.2, 0.25) is 10.0 Å². The van der Waals surface area contributed by atoms with Gasteiger partial charge in [0.05, 0.1) is 42.7 Å². The van der Waals surface area contributed by atoms with Crippen LogP contribution in [0.1, 0.15) is 50.4 Å². The quantitative estimate of drug-likeness (QED) is 0.475. The Labute approximate surface area is 253 Å². The lowest BCUT2D eigenvalue weighted by Gasteiger charge is -2.36. The number of ether oxygens (including phenoxy) is 2. The van der Waals surface area contributed by atoms with Crippen LogP contribution < -0.4 is 10.6 Å². The van der Waals surface area contributed by atoms with Crippen molar-refractivity contribution in [1.29, 1.82) is 5.26 Å². The number of anilines is 2. The smallest absolute Gasteiger partial charge is 0.410 e. The molecule has 0 saturated carbocycles. The summed E-state index contributed by atoms with van der Waals surface area (Å²) < 4.78 is 25.8. The number of carbonyl (C=O) groups is 3. The van der Waals surface area contributed by atoms with Gasteiger partial charge in [0.1, 0.15) is 17.5 Å². The highest BCUT2D eigenvalue weighted by molar-refractivity contribution is 6.35. The molecule has 0 bridgehead atoms. The predicted octanol–water partition coefficient (Wildman–Crippen LogP) is 5.14. The molecule has 2 aliphatic heterocycles. The van der Waals surface area contributed by atoms with E-state index in [-0.39, 0.29) is 55.1 Å². The first-order valence-corrected chi connectivity index (χ1v) is 14.2. The number of nitrogens with zero attached hydrogens (tertiary/aromatic N) is 3. The zero-order valence-electron chi connectivity index (χ0n) is 23.7. The van der Waals surface area contributed by atoms with Gasteiger partial charge >= 0.3 is 6.09 Å². The van der Waals surface area contributed by atoms with E-state index in [0.29, 0.717) is 23.0 Å². The number of rotatable bonds is 5. The number of benzene rings is 2. The first-order chi connectivity index (χ1) is 19.8. The molecule has 1 saturated heterocycles. The summed E-state index contributed by atoms with van der Waals surface area (Å²) in [6.45, 7) is 7.59. The van der Waals surface area contributed by atoms with Crippen LogP contribution in [0, 0.1) is 17.1 Å². The maximum absolute atomic E-state index is 14.9. The highest BCUT2D eigenvalue weighted by Gasteiger charge is 2.33. The zero-order valence-corrected chi connectivity index (χ0v) is 25.2. The van der Waals surface area contributed by atoms with E-state index in [1.807, 2.05) is 19.1 Å². The van der Waals surface area contributed by atoms with Gasteiger partial charge in [-0.2, -0.15) is 5.26 Å². The Morgan fingerprint density at radius 2 is 1.90 bits per heavy atom. The number of hydrogen-bond donors (Lipinski definition) is 2. The average Bonchev–Trinajstić information content (AvgIpc) is 2.91. The Morgan fingerprint density at radius 1 is 1.17 bits per heavy atom. The molecular formula is C29H32Cl2FN5O5. The third kappa shape index (κ3) is 7.24. The summed E-state index contributed by atoms with van der Waals surface area (Å²) in [5, 5.41) is 15.9. The van der Waals surface area contributed by atoms with Crippen molar-refractivity contribution in [1.82, 2.24) is 9.80 Å². The summed E-state index contributed by atoms with van der Waals surface area (Å²) in [5.74, 6) is -1.67. The van der Waals surface area contributed by atoms with Gasteiger partial charge in [0, 0.05) is 23.1 Å². The van der Waals surface area contributed by atoms with Crippen molar-refractivity contribution in [3.05, 3.63) is 56.8 Å². The average molecular weight is 621 g/mol. The first-order valence-electron chi connectivity index (χ1n) is 13.4. The standard InChI is InChI=1S/C29H32Cl2FN5O5/c1-16-26-17(9-19(30)11-20(26)31)5-6-37(16)25(38)14-34-23-12-22(18(13-33)10-21(23)32)35-27(39)24-15-36(7-8-41-24)28(40)42-29(2,3)4/h9-12,16,24,34H,5-8,14-15H2,1-4H3,(H,35,39)/t16?,24-/m0/s1. The zero-order chi connectivity index (χ0) is 30.8. The normalized spacial score (nSPS) is 18.5. The molecule has 0 aliphatic carbocycles. The summed E-state index contributed by atoms with van der Waals surface area (Å²) >= 11 is 12.5. The molecule has 42 heavy (non-hydrogen) atoms. The van der Waals surface area contributed by atoms with Crippen molar-refractivity contribution in [3.8, 4) is 6.07 Å². The molecule has 2 N–H and O–H groups in total. The second-order valence-corrected chi connectivity index (χ2v) is 11.9. The van der Waals surface area contributed by atoms with Crippen LogP contribution in [-0.4, -0.2) is 72.2 Å². The number of amides is 3. The Balaban J connectivity index is 1.43. The number of nitriles is 1. The summed E-state index contributed by atoms with van der Waals surface area (Å²) in [6, 6.07) is 7.25. The molecule has 2 aromatic rings. The maximum atomic E-state index is 14.9. The Kier molecular flexibility index (Phi) is 9.50.